The Morgan fingerprint density at radius 3 is 2.96 bits per heavy atom. The van der Waals surface area contributed by atoms with Crippen LogP contribution in [0, 0.1) is 0 Å². The van der Waals surface area contributed by atoms with Gasteiger partial charge < -0.3 is 19.5 Å². The number of pyridine rings is 1. The largest absolute Gasteiger partial charge is 0.494 e. The summed E-state index contributed by atoms with van der Waals surface area (Å²) in [6.07, 6.45) is 4.89. The molecule has 0 radical (unpaired) electrons. The molecule has 26 heavy (non-hydrogen) atoms. The highest BCUT2D eigenvalue weighted by atomic mass is 16.7. The van der Waals surface area contributed by atoms with Crippen molar-refractivity contribution in [2.24, 2.45) is 0 Å². The minimum atomic E-state index is -0.238. The lowest BCUT2D eigenvalue weighted by Gasteiger charge is -2.09. The maximum absolute atomic E-state index is 12.3. The number of hydrogen-bond acceptors (Lipinski definition) is 5. The number of nitrogens with zero attached hydrogens (tertiary/aromatic N) is 1. The third-order valence-electron chi connectivity index (χ3n) is 4.03. The lowest BCUT2D eigenvalue weighted by atomic mass is 10.1. The van der Waals surface area contributed by atoms with Crippen LogP contribution >= 0.6 is 0 Å². The fourth-order valence-electron chi connectivity index (χ4n) is 2.78. The fraction of sp³-hybridized carbons (Fsp3) is 0.100. The smallest absolute Gasteiger partial charge is 0.248 e. The van der Waals surface area contributed by atoms with Crippen molar-refractivity contribution in [3.05, 3.63) is 60.3 Å². The number of amides is 1. The highest BCUT2D eigenvalue weighted by Crippen LogP contribution is 2.33. The van der Waals surface area contributed by atoms with E-state index in [1.807, 2.05) is 30.3 Å². The molecule has 130 valence electrons. The minimum Gasteiger partial charge on any atom is -0.494 e. The highest BCUT2D eigenvalue weighted by molar-refractivity contribution is 6.07. The van der Waals surface area contributed by atoms with Gasteiger partial charge in [0.2, 0.25) is 12.7 Å². The van der Waals surface area contributed by atoms with Crippen LogP contribution in [0.25, 0.3) is 17.0 Å². The maximum Gasteiger partial charge on any atom is 0.248 e. The van der Waals surface area contributed by atoms with E-state index in [1.165, 1.54) is 6.08 Å². The molecule has 0 saturated carbocycles. The van der Waals surface area contributed by atoms with Gasteiger partial charge in [-0.2, -0.15) is 0 Å². The van der Waals surface area contributed by atoms with Gasteiger partial charge in [0.05, 0.1) is 12.8 Å². The van der Waals surface area contributed by atoms with Crippen molar-refractivity contribution in [2.45, 2.75) is 0 Å². The second-order valence-corrected chi connectivity index (χ2v) is 5.65. The Hall–Kier alpha value is -3.54. The van der Waals surface area contributed by atoms with Gasteiger partial charge in [-0.05, 0) is 48.0 Å². The first kappa shape index (κ1) is 16.0. The van der Waals surface area contributed by atoms with Crippen molar-refractivity contribution in [3.8, 4) is 17.2 Å². The Labute approximate surface area is 150 Å². The average molecular weight is 348 g/mol. The van der Waals surface area contributed by atoms with Crippen LogP contribution in [-0.4, -0.2) is 24.8 Å². The SMILES string of the molecule is COc1ccc(NC(=O)/C=C/c2ccc3c(c2)OCO3)c2cccnc12. The van der Waals surface area contributed by atoms with E-state index in [0.29, 0.717) is 28.5 Å². The number of benzene rings is 2. The molecule has 6 nitrogen and oxygen atoms in total. The van der Waals surface area contributed by atoms with Crippen molar-refractivity contribution in [1.82, 2.24) is 4.98 Å². The van der Waals surface area contributed by atoms with E-state index in [9.17, 15) is 4.79 Å². The van der Waals surface area contributed by atoms with E-state index < -0.39 is 0 Å². The van der Waals surface area contributed by atoms with Gasteiger partial charge in [0.15, 0.2) is 11.5 Å². The van der Waals surface area contributed by atoms with Crippen LogP contribution in [-0.2, 0) is 4.79 Å². The van der Waals surface area contributed by atoms with Gasteiger partial charge in [-0.25, -0.2) is 0 Å². The van der Waals surface area contributed by atoms with E-state index in [0.717, 1.165) is 10.9 Å². The van der Waals surface area contributed by atoms with Crippen LogP contribution in [0.3, 0.4) is 0 Å². The first-order chi connectivity index (χ1) is 12.7. The number of nitrogens with one attached hydrogen (secondary N) is 1. The summed E-state index contributed by atoms with van der Waals surface area (Å²) in [5.74, 6) is 1.82. The second-order valence-electron chi connectivity index (χ2n) is 5.65. The first-order valence-electron chi connectivity index (χ1n) is 8.05. The Morgan fingerprint density at radius 2 is 2.08 bits per heavy atom. The molecule has 0 fully saturated rings. The molecule has 0 atom stereocenters. The molecule has 0 unspecified atom stereocenters. The summed E-state index contributed by atoms with van der Waals surface area (Å²) in [6.45, 7) is 0.224. The summed E-state index contributed by atoms with van der Waals surface area (Å²) >= 11 is 0. The molecular weight excluding hydrogens is 332 g/mol. The van der Waals surface area contributed by atoms with Gasteiger partial charge in [0.25, 0.3) is 0 Å². The van der Waals surface area contributed by atoms with Gasteiger partial charge in [-0.1, -0.05) is 6.07 Å². The monoisotopic (exact) mass is 348 g/mol. The van der Waals surface area contributed by atoms with Gasteiger partial charge in [-0.3, -0.25) is 9.78 Å². The number of fused-ring (bicyclic) bond motifs is 2. The molecular formula is C20H16N2O4. The van der Waals surface area contributed by atoms with E-state index in [2.05, 4.69) is 10.3 Å². The zero-order valence-corrected chi connectivity index (χ0v) is 14.1. The minimum absolute atomic E-state index is 0.224. The molecule has 0 spiro atoms. The summed E-state index contributed by atoms with van der Waals surface area (Å²) in [7, 11) is 1.59. The van der Waals surface area contributed by atoms with Crippen molar-refractivity contribution in [1.29, 1.82) is 0 Å². The van der Waals surface area contributed by atoms with Crippen LogP contribution in [0.2, 0.25) is 0 Å². The lowest BCUT2D eigenvalue weighted by molar-refractivity contribution is -0.111. The molecule has 6 heteroatoms. The number of rotatable bonds is 4. The van der Waals surface area contributed by atoms with Gasteiger partial charge in [0, 0.05) is 17.7 Å². The summed E-state index contributed by atoms with van der Waals surface area (Å²) in [5, 5.41) is 3.70. The topological polar surface area (TPSA) is 69.7 Å². The molecule has 1 N–H and O–H groups in total. The van der Waals surface area contributed by atoms with Crippen molar-refractivity contribution < 1.29 is 19.0 Å². The number of hydrogen-bond donors (Lipinski definition) is 1. The second kappa shape index (κ2) is 6.76. The molecule has 2 heterocycles. The fourth-order valence-corrected chi connectivity index (χ4v) is 2.78. The standard InChI is InChI=1S/C20H16N2O4/c1-24-17-8-6-15(14-3-2-10-21-20(14)17)22-19(23)9-5-13-4-7-16-18(11-13)26-12-25-16/h2-11H,12H2,1H3,(H,22,23)/b9-5+. The van der Waals surface area contributed by atoms with Crippen molar-refractivity contribution in [3.63, 3.8) is 0 Å². The van der Waals surface area contributed by atoms with E-state index in [-0.39, 0.29) is 12.7 Å². The number of ether oxygens (including phenoxy) is 3. The molecule has 0 saturated heterocycles. The molecule has 1 amide bonds. The van der Waals surface area contributed by atoms with E-state index in [4.69, 9.17) is 14.2 Å². The van der Waals surface area contributed by atoms with E-state index >= 15 is 0 Å². The Morgan fingerprint density at radius 1 is 1.19 bits per heavy atom. The predicted octanol–water partition coefficient (Wildman–Crippen LogP) is 3.62. The number of anilines is 1. The summed E-state index contributed by atoms with van der Waals surface area (Å²) in [4.78, 5) is 16.6. The lowest BCUT2D eigenvalue weighted by Crippen LogP contribution is -2.08. The van der Waals surface area contributed by atoms with Crippen LogP contribution in [0.1, 0.15) is 5.56 Å². The molecule has 1 aliphatic rings. The third-order valence-corrected chi connectivity index (χ3v) is 4.03. The molecule has 2 aromatic carbocycles. The number of carbonyl (C=O) groups is 1. The zero-order chi connectivity index (χ0) is 17.9. The summed E-state index contributed by atoms with van der Waals surface area (Å²) < 4.78 is 15.9. The summed E-state index contributed by atoms with van der Waals surface area (Å²) in [5.41, 5.74) is 2.23. The summed E-state index contributed by atoms with van der Waals surface area (Å²) in [6, 6.07) is 12.8. The Kier molecular flexibility index (Phi) is 4.15. The Bertz CT molecular complexity index is 1010. The molecule has 1 aliphatic heterocycles. The number of carbonyl (C=O) groups excluding carboxylic acids is 1. The van der Waals surface area contributed by atoms with Gasteiger partial charge >= 0.3 is 0 Å². The predicted molar refractivity (Wildman–Crippen MR) is 98.5 cm³/mol. The number of methoxy groups -OCH3 is 1. The van der Waals surface area contributed by atoms with Gasteiger partial charge in [0.1, 0.15) is 11.3 Å². The molecule has 0 bridgehead atoms. The van der Waals surface area contributed by atoms with Crippen LogP contribution in [0.15, 0.2) is 54.7 Å². The van der Waals surface area contributed by atoms with Crippen LogP contribution in [0.5, 0.6) is 17.2 Å². The third kappa shape index (κ3) is 3.04. The Balaban J connectivity index is 1.54. The molecule has 3 aromatic rings. The van der Waals surface area contributed by atoms with Crippen LogP contribution in [0.4, 0.5) is 5.69 Å². The van der Waals surface area contributed by atoms with E-state index in [1.54, 1.807) is 31.5 Å². The quantitative estimate of drug-likeness (QED) is 0.729. The zero-order valence-electron chi connectivity index (χ0n) is 14.1. The maximum atomic E-state index is 12.3. The highest BCUT2D eigenvalue weighted by Gasteiger charge is 2.12. The van der Waals surface area contributed by atoms with Crippen molar-refractivity contribution in [2.75, 3.05) is 19.2 Å². The molecule has 4 rings (SSSR count). The van der Waals surface area contributed by atoms with Crippen molar-refractivity contribution >= 4 is 28.6 Å². The molecule has 0 aliphatic carbocycles. The number of aromatic nitrogens is 1. The average Bonchev–Trinajstić information content (AvgIpc) is 3.14. The molecule has 1 aromatic heterocycles. The van der Waals surface area contributed by atoms with Crippen LogP contribution < -0.4 is 19.5 Å². The first-order valence-corrected chi connectivity index (χ1v) is 8.05. The van der Waals surface area contributed by atoms with Gasteiger partial charge in [-0.15, -0.1) is 0 Å². The normalized spacial score (nSPS) is 12.5.